The molecule has 0 aliphatic carbocycles. The normalized spacial score (nSPS) is 15.4. The molecular weight excluding hydrogens is 443 g/mol. The second kappa shape index (κ2) is 14.0. The Morgan fingerprint density at radius 1 is 0.625 bits per heavy atom. The first-order chi connectivity index (χ1) is 14.8. The van der Waals surface area contributed by atoms with E-state index in [1.807, 2.05) is 0 Å². The van der Waals surface area contributed by atoms with Crippen LogP contribution >= 0.6 is 7.82 Å². The Morgan fingerprint density at radius 2 is 0.844 bits per heavy atom. The molecule has 0 amide bonds. The van der Waals surface area contributed by atoms with Gasteiger partial charge in [0.25, 0.3) is 0 Å². The first kappa shape index (κ1) is 29.7. The zero-order valence-electron chi connectivity index (χ0n) is 19.5. The van der Waals surface area contributed by atoms with Crippen molar-refractivity contribution in [2.75, 3.05) is 0 Å². The van der Waals surface area contributed by atoms with E-state index >= 15 is 0 Å². The lowest BCUT2D eigenvalue weighted by atomic mass is 10.3. The molecule has 0 aromatic carbocycles. The van der Waals surface area contributed by atoms with Gasteiger partial charge in [-0.1, -0.05) is 40.5 Å². The number of rotatable bonds is 15. The largest absolute Gasteiger partial charge is 0.484 e. The van der Waals surface area contributed by atoms with Crippen molar-refractivity contribution < 1.29 is 46.7 Å². The molecule has 0 radical (unpaired) electrons. The van der Waals surface area contributed by atoms with Gasteiger partial charge in [0.1, 0.15) is 0 Å². The second-order valence-electron chi connectivity index (χ2n) is 6.83. The average molecular weight is 476 g/mol. The van der Waals surface area contributed by atoms with Crippen LogP contribution in [0.4, 0.5) is 0 Å². The van der Waals surface area contributed by atoms with Crippen molar-refractivity contribution in [2.24, 2.45) is 0 Å². The first-order valence-electron chi connectivity index (χ1n) is 10.0. The summed E-state index contributed by atoms with van der Waals surface area (Å²) in [5.74, 6) is -2.36. The standard InChI is InChI=1S/C21H33O10P/c1-10-16(26-19(22)13(4)5)29-32(25,30-17(11-2)27-20(23)14(6)7)31-18(12-3)28-21(24)15(8)9/h16-18H,4,6,8,10-12H2,1-3,5,7,9H3. The summed E-state index contributed by atoms with van der Waals surface area (Å²) in [5.41, 5.74) is 0.270. The fourth-order valence-electron chi connectivity index (χ4n) is 1.70. The van der Waals surface area contributed by atoms with E-state index in [4.69, 9.17) is 27.8 Å². The highest BCUT2D eigenvalue weighted by Crippen LogP contribution is 2.54. The van der Waals surface area contributed by atoms with E-state index in [0.717, 1.165) is 0 Å². The van der Waals surface area contributed by atoms with Gasteiger partial charge >= 0.3 is 25.7 Å². The van der Waals surface area contributed by atoms with Gasteiger partial charge < -0.3 is 14.2 Å². The van der Waals surface area contributed by atoms with Crippen LogP contribution in [0.25, 0.3) is 0 Å². The van der Waals surface area contributed by atoms with E-state index in [9.17, 15) is 18.9 Å². The maximum absolute atomic E-state index is 13.5. The SMILES string of the molecule is C=C(C)C(=O)OC(CC)OP(=O)(OC(CC)OC(=O)C(=C)C)OC(CC)OC(=O)C(=C)C. The van der Waals surface area contributed by atoms with Crippen LogP contribution in [0.2, 0.25) is 0 Å². The molecule has 0 bridgehead atoms. The molecule has 11 heteroatoms. The van der Waals surface area contributed by atoms with Crippen LogP contribution in [-0.2, 0) is 46.7 Å². The van der Waals surface area contributed by atoms with Crippen LogP contribution in [0, 0.1) is 0 Å². The lowest BCUT2D eigenvalue weighted by molar-refractivity contribution is -0.179. The molecule has 0 aliphatic heterocycles. The summed E-state index contributed by atoms with van der Waals surface area (Å²) in [7, 11) is -4.62. The van der Waals surface area contributed by atoms with E-state index in [1.54, 1.807) is 20.8 Å². The van der Waals surface area contributed by atoms with Crippen molar-refractivity contribution in [3.05, 3.63) is 36.5 Å². The third-order valence-corrected chi connectivity index (χ3v) is 4.98. The maximum Gasteiger partial charge on any atom is 0.484 e. The van der Waals surface area contributed by atoms with E-state index < -0.39 is 44.6 Å². The molecule has 0 aromatic rings. The Bertz CT molecular complexity index is 673. The number of carbonyl (C=O) groups is 3. The first-order valence-corrected chi connectivity index (χ1v) is 11.5. The van der Waals surface area contributed by atoms with Gasteiger partial charge in [-0.3, -0.25) is 0 Å². The minimum Gasteiger partial charge on any atom is -0.432 e. The Kier molecular flexibility index (Phi) is 13.0. The van der Waals surface area contributed by atoms with E-state index in [2.05, 4.69) is 19.7 Å². The van der Waals surface area contributed by atoms with Crippen LogP contribution < -0.4 is 0 Å². The molecule has 0 rings (SSSR count). The van der Waals surface area contributed by atoms with Gasteiger partial charge in [0.2, 0.25) is 18.9 Å². The fraction of sp³-hybridized carbons (Fsp3) is 0.571. The summed E-state index contributed by atoms with van der Waals surface area (Å²) in [6, 6.07) is 0. The van der Waals surface area contributed by atoms with Gasteiger partial charge in [0.05, 0.1) is 0 Å². The highest BCUT2D eigenvalue weighted by Gasteiger charge is 2.39. The highest BCUT2D eigenvalue weighted by molar-refractivity contribution is 7.48. The minimum absolute atomic E-state index is 0.0699. The molecule has 32 heavy (non-hydrogen) atoms. The van der Waals surface area contributed by atoms with Crippen LogP contribution in [0.5, 0.6) is 0 Å². The van der Waals surface area contributed by atoms with Crippen LogP contribution in [0.3, 0.4) is 0 Å². The summed E-state index contributed by atoms with van der Waals surface area (Å²) in [4.78, 5) is 35.6. The third-order valence-electron chi connectivity index (χ3n) is 3.50. The van der Waals surface area contributed by atoms with Crippen LogP contribution in [-0.4, -0.2) is 36.8 Å². The van der Waals surface area contributed by atoms with Crippen molar-refractivity contribution in [2.45, 2.75) is 79.7 Å². The number of ether oxygens (including phenoxy) is 3. The highest BCUT2D eigenvalue weighted by atomic mass is 31.2. The average Bonchev–Trinajstić information content (AvgIpc) is 2.71. The Hall–Kier alpha value is -2.26. The lowest BCUT2D eigenvalue weighted by Crippen LogP contribution is -2.28. The monoisotopic (exact) mass is 476 g/mol. The van der Waals surface area contributed by atoms with Crippen molar-refractivity contribution in [1.29, 1.82) is 0 Å². The molecule has 0 heterocycles. The molecule has 3 atom stereocenters. The second-order valence-corrected chi connectivity index (χ2v) is 8.36. The number of esters is 3. The summed E-state index contributed by atoms with van der Waals surface area (Å²) in [6.07, 6.45) is -3.85. The number of phosphoric acid groups is 1. The zero-order valence-corrected chi connectivity index (χ0v) is 20.4. The molecule has 10 nitrogen and oxygen atoms in total. The molecule has 0 saturated heterocycles. The third kappa shape index (κ3) is 10.9. The van der Waals surface area contributed by atoms with E-state index in [1.165, 1.54) is 20.8 Å². The molecule has 0 aromatic heterocycles. The summed E-state index contributed by atoms with van der Waals surface area (Å²) >= 11 is 0. The Balaban J connectivity index is 5.82. The van der Waals surface area contributed by atoms with Crippen molar-refractivity contribution in [1.82, 2.24) is 0 Å². The van der Waals surface area contributed by atoms with Gasteiger partial charge in [0.15, 0.2) is 0 Å². The van der Waals surface area contributed by atoms with Gasteiger partial charge in [-0.25, -0.2) is 32.5 Å². The maximum atomic E-state index is 13.5. The Labute approximate surface area is 189 Å². The van der Waals surface area contributed by atoms with Crippen molar-refractivity contribution in [3.8, 4) is 0 Å². The number of phosphoric ester groups is 1. The smallest absolute Gasteiger partial charge is 0.432 e. The summed E-state index contributed by atoms with van der Waals surface area (Å²) < 4.78 is 44.8. The molecule has 0 spiro atoms. The lowest BCUT2D eigenvalue weighted by Gasteiger charge is -2.28. The molecule has 0 N–H and O–H groups in total. The number of hydrogen-bond acceptors (Lipinski definition) is 10. The van der Waals surface area contributed by atoms with Crippen LogP contribution in [0.1, 0.15) is 60.8 Å². The molecule has 182 valence electrons. The minimum atomic E-state index is -4.62. The van der Waals surface area contributed by atoms with Gasteiger partial charge in [-0.2, -0.15) is 0 Å². The predicted octanol–water partition coefficient (Wildman–Crippen LogP) is 4.71. The van der Waals surface area contributed by atoms with Gasteiger partial charge in [-0.05, 0) is 20.8 Å². The predicted molar refractivity (Wildman–Crippen MR) is 116 cm³/mol. The van der Waals surface area contributed by atoms with Crippen molar-refractivity contribution >= 4 is 25.7 Å². The summed E-state index contributed by atoms with van der Waals surface area (Å²) in [6.45, 7) is 19.5. The van der Waals surface area contributed by atoms with E-state index in [-0.39, 0.29) is 36.0 Å². The molecule has 3 unspecified atom stereocenters. The number of hydrogen-bond donors (Lipinski definition) is 0. The Morgan fingerprint density at radius 3 is 1.00 bits per heavy atom. The topological polar surface area (TPSA) is 124 Å². The molecule has 0 fully saturated rings. The molecule has 0 saturated carbocycles. The van der Waals surface area contributed by atoms with E-state index in [0.29, 0.717) is 0 Å². The van der Waals surface area contributed by atoms with Gasteiger partial charge in [0, 0.05) is 36.0 Å². The zero-order chi connectivity index (χ0) is 25.1. The van der Waals surface area contributed by atoms with Gasteiger partial charge in [-0.15, -0.1) is 0 Å². The fourth-order valence-corrected chi connectivity index (χ4v) is 3.29. The van der Waals surface area contributed by atoms with Crippen LogP contribution in [0.15, 0.2) is 36.5 Å². The summed E-state index contributed by atoms with van der Waals surface area (Å²) in [5, 5.41) is 0. The number of carbonyl (C=O) groups excluding carboxylic acids is 3. The van der Waals surface area contributed by atoms with Crippen molar-refractivity contribution in [3.63, 3.8) is 0 Å². The molecular formula is C21H33O10P. The quantitative estimate of drug-likeness (QED) is 0.108. The molecule has 0 aliphatic rings.